The maximum atomic E-state index is 10.6. The highest BCUT2D eigenvalue weighted by molar-refractivity contribution is 6.12. The monoisotopic (exact) mass is 246 g/mol. The van der Waals surface area contributed by atoms with Crippen LogP contribution < -0.4 is 0 Å². The molecule has 2 rings (SSSR count). The van der Waals surface area contributed by atoms with Gasteiger partial charge in [0.1, 0.15) is 0 Å². The zero-order valence-electron chi connectivity index (χ0n) is 9.97. The van der Waals surface area contributed by atoms with Gasteiger partial charge in [0.15, 0.2) is 0 Å². The minimum Gasteiger partial charge on any atom is -0.481 e. The first-order valence-electron chi connectivity index (χ1n) is 5.64. The molecule has 0 aliphatic heterocycles. The lowest BCUT2D eigenvalue weighted by molar-refractivity contribution is -0.136. The molecule has 2 aromatic rings. The molecule has 5 heteroatoms. The van der Waals surface area contributed by atoms with Crippen LogP contribution in [0.4, 0.5) is 0 Å². The highest BCUT2D eigenvalue weighted by atomic mass is 16.4. The fraction of sp³-hybridized carbons (Fsp3) is 0.231. The van der Waals surface area contributed by atoms with Crippen LogP contribution in [0.5, 0.6) is 0 Å². The highest BCUT2D eigenvalue weighted by Crippen LogP contribution is 2.24. The van der Waals surface area contributed by atoms with Gasteiger partial charge in [-0.2, -0.15) is 0 Å². The highest BCUT2D eigenvalue weighted by Gasteiger charge is 2.15. The number of carboxylic acid groups (broad SMARTS) is 1. The number of oxime groups is 1. The van der Waals surface area contributed by atoms with E-state index >= 15 is 0 Å². The Bertz CT molecular complexity index is 614. The molecule has 1 aromatic heterocycles. The number of aromatic nitrogens is 1. The lowest BCUT2D eigenvalue weighted by Gasteiger charge is -2.03. The average Bonchev–Trinajstić information content (AvgIpc) is 2.67. The standard InChI is InChI=1S/C13H14N2O3/c1-8-13(11(15-18)6-7-12(16)17)9-4-2-3-5-10(9)14-8/h2-5,14,18H,6-7H2,1H3,(H,16,17). The number of aryl methyl sites for hydroxylation is 1. The van der Waals surface area contributed by atoms with Crippen molar-refractivity contribution in [3.8, 4) is 0 Å². The van der Waals surface area contributed by atoms with Crippen molar-refractivity contribution < 1.29 is 15.1 Å². The minimum absolute atomic E-state index is 0.0572. The van der Waals surface area contributed by atoms with E-state index in [-0.39, 0.29) is 12.8 Å². The first kappa shape index (κ1) is 12.2. The molecule has 0 amide bonds. The second-order valence-corrected chi connectivity index (χ2v) is 4.11. The molecule has 3 N–H and O–H groups in total. The maximum absolute atomic E-state index is 10.6. The van der Waals surface area contributed by atoms with Gasteiger partial charge >= 0.3 is 5.97 Å². The zero-order chi connectivity index (χ0) is 13.1. The molecule has 0 aliphatic rings. The molecule has 1 heterocycles. The van der Waals surface area contributed by atoms with Gasteiger partial charge in [0.25, 0.3) is 0 Å². The van der Waals surface area contributed by atoms with E-state index in [2.05, 4.69) is 10.1 Å². The van der Waals surface area contributed by atoms with Crippen molar-refractivity contribution >= 4 is 22.6 Å². The van der Waals surface area contributed by atoms with E-state index in [1.54, 1.807) is 0 Å². The van der Waals surface area contributed by atoms with Gasteiger partial charge in [-0.25, -0.2) is 0 Å². The van der Waals surface area contributed by atoms with Crippen LogP contribution in [0.3, 0.4) is 0 Å². The quantitative estimate of drug-likeness (QED) is 0.440. The molecule has 0 atom stereocenters. The molecule has 0 radical (unpaired) electrons. The third-order valence-electron chi connectivity index (χ3n) is 2.88. The molecule has 0 fully saturated rings. The van der Waals surface area contributed by atoms with Gasteiger partial charge in [-0.3, -0.25) is 4.79 Å². The maximum Gasteiger partial charge on any atom is 0.303 e. The number of aliphatic carboxylic acids is 1. The van der Waals surface area contributed by atoms with E-state index in [9.17, 15) is 4.79 Å². The SMILES string of the molecule is Cc1[nH]c2ccccc2c1C(CCC(=O)O)=NO. The smallest absolute Gasteiger partial charge is 0.303 e. The Morgan fingerprint density at radius 1 is 1.33 bits per heavy atom. The number of nitrogens with one attached hydrogen (secondary N) is 1. The van der Waals surface area contributed by atoms with Gasteiger partial charge in [-0.15, -0.1) is 0 Å². The number of hydrogen-bond acceptors (Lipinski definition) is 3. The molecule has 94 valence electrons. The lowest BCUT2D eigenvalue weighted by atomic mass is 10.0. The summed E-state index contributed by atoms with van der Waals surface area (Å²) in [5, 5.41) is 22.0. The molecule has 0 spiro atoms. The molecule has 0 saturated carbocycles. The summed E-state index contributed by atoms with van der Waals surface area (Å²) >= 11 is 0. The van der Waals surface area contributed by atoms with Crippen LogP contribution in [0.15, 0.2) is 29.4 Å². The molecule has 0 unspecified atom stereocenters. The van der Waals surface area contributed by atoms with Gasteiger partial charge in [0.2, 0.25) is 0 Å². The topological polar surface area (TPSA) is 85.7 Å². The molecular weight excluding hydrogens is 232 g/mol. The summed E-state index contributed by atoms with van der Waals surface area (Å²) in [6, 6.07) is 7.65. The molecule has 0 aliphatic carbocycles. The van der Waals surface area contributed by atoms with E-state index in [4.69, 9.17) is 10.3 Å². The molecule has 5 nitrogen and oxygen atoms in total. The van der Waals surface area contributed by atoms with Gasteiger partial charge in [0, 0.05) is 28.6 Å². The van der Waals surface area contributed by atoms with Crippen LogP contribution in [0.2, 0.25) is 0 Å². The van der Waals surface area contributed by atoms with Gasteiger partial charge < -0.3 is 15.3 Å². The second kappa shape index (κ2) is 4.91. The van der Waals surface area contributed by atoms with Crippen LogP contribution in [0.1, 0.15) is 24.1 Å². The number of carbonyl (C=O) groups is 1. The molecule has 0 bridgehead atoms. The Kier molecular flexibility index (Phi) is 3.32. The van der Waals surface area contributed by atoms with Crippen molar-refractivity contribution in [3.63, 3.8) is 0 Å². The van der Waals surface area contributed by atoms with Crippen LogP contribution in [-0.4, -0.2) is 27.0 Å². The number of rotatable bonds is 4. The van der Waals surface area contributed by atoms with E-state index in [0.717, 1.165) is 22.2 Å². The third kappa shape index (κ3) is 2.20. The van der Waals surface area contributed by atoms with Crippen LogP contribution in [0.25, 0.3) is 10.9 Å². The average molecular weight is 246 g/mol. The van der Waals surface area contributed by atoms with E-state index in [0.29, 0.717) is 5.71 Å². The van der Waals surface area contributed by atoms with Gasteiger partial charge in [-0.1, -0.05) is 23.4 Å². The van der Waals surface area contributed by atoms with Crippen LogP contribution in [0, 0.1) is 6.92 Å². The van der Waals surface area contributed by atoms with E-state index < -0.39 is 5.97 Å². The first-order valence-corrected chi connectivity index (χ1v) is 5.64. The number of carboxylic acids is 1. The van der Waals surface area contributed by atoms with Crippen molar-refractivity contribution in [1.82, 2.24) is 4.98 Å². The molecule has 1 aromatic carbocycles. The summed E-state index contributed by atoms with van der Waals surface area (Å²) in [4.78, 5) is 13.8. The minimum atomic E-state index is -0.909. The van der Waals surface area contributed by atoms with Crippen molar-refractivity contribution in [2.24, 2.45) is 5.16 Å². The Morgan fingerprint density at radius 3 is 2.72 bits per heavy atom. The van der Waals surface area contributed by atoms with Gasteiger partial charge in [-0.05, 0) is 13.0 Å². The number of hydrogen-bond donors (Lipinski definition) is 3. The molecule has 18 heavy (non-hydrogen) atoms. The van der Waals surface area contributed by atoms with E-state index in [1.165, 1.54) is 0 Å². The number of nitrogens with zero attached hydrogens (tertiary/aromatic N) is 1. The number of benzene rings is 1. The zero-order valence-corrected chi connectivity index (χ0v) is 9.97. The summed E-state index contributed by atoms with van der Waals surface area (Å²) < 4.78 is 0. The summed E-state index contributed by atoms with van der Waals surface area (Å²) in [7, 11) is 0. The predicted octanol–water partition coefficient (Wildman–Crippen LogP) is 2.52. The number of aromatic amines is 1. The Labute approximate surface area is 104 Å². The van der Waals surface area contributed by atoms with Gasteiger partial charge in [0.05, 0.1) is 12.1 Å². The Balaban J connectivity index is 2.45. The Hall–Kier alpha value is -2.30. The summed E-state index contributed by atoms with van der Waals surface area (Å²) in [6.07, 6.45) is 0.146. The first-order chi connectivity index (χ1) is 8.63. The molecular formula is C13H14N2O3. The summed E-state index contributed by atoms with van der Waals surface area (Å²) in [5.41, 5.74) is 3.00. The van der Waals surface area contributed by atoms with E-state index in [1.807, 2.05) is 31.2 Å². The fourth-order valence-electron chi connectivity index (χ4n) is 2.10. The Morgan fingerprint density at radius 2 is 2.06 bits per heavy atom. The molecule has 0 saturated heterocycles. The summed E-state index contributed by atoms with van der Waals surface area (Å²) in [6.45, 7) is 1.88. The summed E-state index contributed by atoms with van der Waals surface area (Å²) in [5.74, 6) is -0.909. The number of fused-ring (bicyclic) bond motifs is 1. The number of H-pyrrole nitrogens is 1. The normalized spacial score (nSPS) is 11.9. The van der Waals surface area contributed by atoms with Crippen molar-refractivity contribution in [1.29, 1.82) is 0 Å². The predicted molar refractivity (Wildman–Crippen MR) is 68.2 cm³/mol. The third-order valence-corrected chi connectivity index (χ3v) is 2.88. The van der Waals surface area contributed by atoms with Crippen molar-refractivity contribution in [3.05, 3.63) is 35.5 Å². The van der Waals surface area contributed by atoms with Crippen molar-refractivity contribution in [2.75, 3.05) is 0 Å². The van der Waals surface area contributed by atoms with Crippen LogP contribution in [-0.2, 0) is 4.79 Å². The van der Waals surface area contributed by atoms with Crippen molar-refractivity contribution in [2.45, 2.75) is 19.8 Å². The second-order valence-electron chi connectivity index (χ2n) is 4.11. The number of para-hydroxylation sites is 1. The van der Waals surface area contributed by atoms with Crippen LogP contribution >= 0.6 is 0 Å². The fourth-order valence-corrected chi connectivity index (χ4v) is 2.10. The lowest BCUT2D eigenvalue weighted by Crippen LogP contribution is -2.06. The largest absolute Gasteiger partial charge is 0.481 e.